The van der Waals surface area contributed by atoms with Crippen LogP contribution in [0.4, 0.5) is 0 Å². The molecule has 0 radical (unpaired) electrons. The van der Waals surface area contributed by atoms with Crippen molar-refractivity contribution in [2.75, 3.05) is 19.6 Å². The van der Waals surface area contributed by atoms with Gasteiger partial charge in [-0.05, 0) is 42.7 Å². The maximum Gasteiger partial charge on any atom is 0.250 e. The minimum absolute atomic E-state index is 0.0114. The third-order valence-electron chi connectivity index (χ3n) is 5.37. The molecule has 1 aromatic heterocycles. The van der Waals surface area contributed by atoms with Gasteiger partial charge in [-0.1, -0.05) is 17.7 Å². The molecule has 2 aliphatic heterocycles. The molecule has 1 fully saturated rings. The van der Waals surface area contributed by atoms with Crippen molar-refractivity contribution in [3.05, 3.63) is 63.5 Å². The number of halogens is 1. The van der Waals surface area contributed by atoms with E-state index in [2.05, 4.69) is 4.72 Å². The molecule has 1 amide bonds. The second-order valence-corrected chi connectivity index (χ2v) is 9.48. The van der Waals surface area contributed by atoms with Crippen LogP contribution < -0.4 is 10.3 Å². The van der Waals surface area contributed by atoms with E-state index in [0.717, 1.165) is 12.1 Å². The van der Waals surface area contributed by atoms with Gasteiger partial charge in [0.2, 0.25) is 15.9 Å². The molecule has 1 aromatic carbocycles. The van der Waals surface area contributed by atoms with Crippen LogP contribution in [0.25, 0.3) is 0 Å². The number of nitrogens with zero attached hydrogens (tertiary/aromatic N) is 2. The first kappa shape index (κ1) is 19.2. The molecule has 0 aliphatic carbocycles. The largest absolute Gasteiger partial charge is 0.341 e. The van der Waals surface area contributed by atoms with E-state index >= 15 is 0 Å². The number of piperidine rings is 1. The van der Waals surface area contributed by atoms with Crippen molar-refractivity contribution in [2.45, 2.75) is 23.8 Å². The Hall–Kier alpha value is -2.16. The number of carbonyl (C=O) groups excluding carboxylic acids is 1. The molecule has 9 heteroatoms. The van der Waals surface area contributed by atoms with Crippen molar-refractivity contribution < 1.29 is 13.2 Å². The van der Waals surface area contributed by atoms with E-state index in [0.29, 0.717) is 24.7 Å². The zero-order valence-corrected chi connectivity index (χ0v) is 16.6. The van der Waals surface area contributed by atoms with E-state index in [1.54, 1.807) is 21.6 Å². The zero-order valence-electron chi connectivity index (χ0n) is 15.0. The van der Waals surface area contributed by atoms with Crippen molar-refractivity contribution in [1.29, 1.82) is 0 Å². The van der Waals surface area contributed by atoms with E-state index in [1.165, 1.54) is 24.3 Å². The summed E-state index contributed by atoms with van der Waals surface area (Å²) in [6, 6.07) is 11.0. The van der Waals surface area contributed by atoms with Gasteiger partial charge in [0.05, 0.1) is 11.4 Å². The Bertz CT molecular complexity index is 1070. The van der Waals surface area contributed by atoms with Crippen LogP contribution in [0.15, 0.2) is 52.2 Å². The lowest BCUT2D eigenvalue weighted by Crippen LogP contribution is -2.51. The summed E-state index contributed by atoms with van der Waals surface area (Å²) in [6.45, 7) is 1.30. The first-order chi connectivity index (χ1) is 13.3. The van der Waals surface area contributed by atoms with Crippen molar-refractivity contribution in [3.8, 4) is 0 Å². The second-order valence-electron chi connectivity index (χ2n) is 7.28. The monoisotopic (exact) mass is 421 g/mol. The molecule has 2 bridgehead atoms. The van der Waals surface area contributed by atoms with Crippen molar-refractivity contribution in [3.63, 3.8) is 0 Å². The summed E-state index contributed by atoms with van der Waals surface area (Å²) in [5.74, 6) is 0.0281. The van der Waals surface area contributed by atoms with Crippen molar-refractivity contribution in [2.24, 2.45) is 5.92 Å². The molecule has 1 saturated heterocycles. The highest BCUT2D eigenvalue weighted by Gasteiger charge is 2.36. The topological polar surface area (TPSA) is 88.5 Å². The van der Waals surface area contributed by atoms with Crippen LogP contribution in [0, 0.1) is 5.92 Å². The molecule has 4 rings (SSSR count). The predicted molar refractivity (Wildman–Crippen MR) is 105 cm³/mol. The van der Waals surface area contributed by atoms with Gasteiger partial charge in [-0.3, -0.25) is 9.59 Å². The Balaban J connectivity index is 1.44. The van der Waals surface area contributed by atoms with Gasteiger partial charge in [-0.15, -0.1) is 0 Å². The van der Waals surface area contributed by atoms with E-state index in [9.17, 15) is 18.0 Å². The Morgan fingerprint density at radius 3 is 2.61 bits per heavy atom. The highest BCUT2D eigenvalue weighted by atomic mass is 35.5. The van der Waals surface area contributed by atoms with E-state index in [1.807, 2.05) is 6.07 Å². The number of hydrogen-bond donors (Lipinski definition) is 1. The molecular weight excluding hydrogens is 402 g/mol. The van der Waals surface area contributed by atoms with Gasteiger partial charge in [0.25, 0.3) is 5.56 Å². The van der Waals surface area contributed by atoms with Crippen LogP contribution >= 0.6 is 11.6 Å². The number of carbonyl (C=O) groups is 1. The molecule has 2 atom stereocenters. The van der Waals surface area contributed by atoms with Crippen LogP contribution in [-0.4, -0.2) is 43.4 Å². The predicted octanol–water partition coefficient (Wildman–Crippen LogP) is 1.43. The second kappa shape index (κ2) is 7.35. The van der Waals surface area contributed by atoms with Gasteiger partial charge in [0.1, 0.15) is 0 Å². The van der Waals surface area contributed by atoms with Gasteiger partial charge in [0.15, 0.2) is 0 Å². The summed E-state index contributed by atoms with van der Waals surface area (Å²) in [7, 11) is -3.79. The van der Waals surface area contributed by atoms with Crippen LogP contribution in [0.5, 0.6) is 0 Å². The highest BCUT2D eigenvalue weighted by Crippen LogP contribution is 2.34. The zero-order chi connectivity index (χ0) is 19.9. The lowest BCUT2D eigenvalue weighted by molar-refractivity contribution is -0.132. The Kier molecular flexibility index (Phi) is 5.03. The van der Waals surface area contributed by atoms with Gasteiger partial charge in [-0.25, -0.2) is 13.1 Å². The molecular formula is C19H20ClN3O4S. The highest BCUT2D eigenvalue weighted by molar-refractivity contribution is 7.89. The Morgan fingerprint density at radius 1 is 1.11 bits per heavy atom. The van der Waals surface area contributed by atoms with Gasteiger partial charge in [-0.2, -0.15) is 0 Å². The molecule has 0 saturated carbocycles. The standard InChI is InChI=1S/C19H20ClN3O4S/c20-15-4-6-16(7-5-15)28(26,27)21-9-19(25)22-10-13-8-14(12-22)17-2-1-3-18(24)23(17)11-13/h1-7,13-14,21H,8-12H2/t13-,14-/m1/s1. The van der Waals surface area contributed by atoms with E-state index < -0.39 is 10.0 Å². The number of rotatable bonds is 4. The maximum atomic E-state index is 12.6. The number of benzene rings is 1. The smallest absolute Gasteiger partial charge is 0.250 e. The van der Waals surface area contributed by atoms with Crippen LogP contribution in [0.2, 0.25) is 5.02 Å². The minimum Gasteiger partial charge on any atom is -0.341 e. The number of nitrogens with one attached hydrogen (secondary N) is 1. The van der Waals surface area contributed by atoms with Crippen molar-refractivity contribution in [1.82, 2.24) is 14.2 Å². The number of fused-ring (bicyclic) bond motifs is 4. The van der Waals surface area contributed by atoms with Crippen LogP contribution in [0.1, 0.15) is 18.0 Å². The summed E-state index contributed by atoms with van der Waals surface area (Å²) < 4.78 is 28.9. The Labute approximate surface area is 168 Å². The fourth-order valence-corrected chi connectivity index (χ4v) is 5.17. The summed E-state index contributed by atoms with van der Waals surface area (Å²) in [4.78, 5) is 26.5. The average molecular weight is 422 g/mol. The molecule has 2 aromatic rings. The minimum atomic E-state index is -3.79. The quantitative estimate of drug-likeness (QED) is 0.808. The first-order valence-corrected chi connectivity index (χ1v) is 10.9. The summed E-state index contributed by atoms with van der Waals surface area (Å²) in [5, 5.41) is 0.439. The number of sulfonamides is 1. The lowest BCUT2D eigenvalue weighted by atomic mass is 9.83. The first-order valence-electron chi connectivity index (χ1n) is 9.06. The van der Waals surface area contributed by atoms with Gasteiger partial charge >= 0.3 is 0 Å². The third-order valence-corrected chi connectivity index (χ3v) is 7.04. The number of aromatic nitrogens is 1. The van der Waals surface area contributed by atoms with E-state index in [-0.39, 0.29) is 34.7 Å². The van der Waals surface area contributed by atoms with Gasteiger partial charge in [0, 0.05) is 42.3 Å². The molecule has 0 spiro atoms. The van der Waals surface area contributed by atoms with Crippen LogP contribution in [0.3, 0.4) is 0 Å². The van der Waals surface area contributed by atoms with Gasteiger partial charge < -0.3 is 9.47 Å². The molecule has 1 N–H and O–H groups in total. The SMILES string of the molecule is O=C(CNS(=O)(=O)c1ccc(Cl)cc1)N1C[C@H]2C[C@H](C1)c1cccc(=O)n1C2. The normalized spacial score (nSPS) is 21.2. The molecule has 2 aliphatic rings. The van der Waals surface area contributed by atoms with Crippen molar-refractivity contribution >= 4 is 27.5 Å². The molecule has 28 heavy (non-hydrogen) atoms. The lowest BCUT2D eigenvalue weighted by Gasteiger charge is -2.42. The fourth-order valence-electron chi connectivity index (χ4n) is 4.07. The maximum absolute atomic E-state index is 12.6. The fraction of sp³-hybridized carbons (Fsp3) is 0.368. The summed E-state index contributed by atoms with van der Waals surface area (Å²) in [6.07, 6.45) is 0.934. The molecule has 148 valence electrons. The third kappa shape index (κ3) is 3.72. The molecule has 3 heterocycles. The number of likely N-dealkylation sites (tertiary alicyclic amines) is 1. The summed E-state index contributed by atoms with van der Waals surface area (Å²) >= 11 is 5.79. The summed E-state index contributed by atoms with van der Waals surface area (Å²) in [5.41, 5.74) is 0.936. The number of pyridine rings is 1. The Morgan fingerprint density at radius 2 is 1.86 bits per heavy atom. The average Bonchev–Trinajstić information content (AvgIpc) is 2.67. The number of amides is 1. The van der Waals surface area contributed by atoms with Crippen LogP contribution in [-0.2, 0) is 21.4 Å². The number of hydrogen-bond acceptors (Lipinski definition) is 4. The molecule has 0 unspecified atom stereocenters. The molecule has 7 nitrogen and oxygen atoms in total. The van der Waals surface area contributed by atoms with E-state index in [4.69, 9.17) is 11.6 Å².